The SMILES string of the molecule is Cc1ccccc1C(=O)N/C(=C\c1cccs1)C(=O)Nc1ccc2c3c(cccc13)CC2. The van der Waals surface area contributed by atoms with E-state index in [0.717, 1.165) is 34.4 Å². The zero-order valence-electron chi connectivity index (χ0n) is 17.6. The van der Waals surface area contributed by atoms with E-state index in [-0.39, 0.29) is 17.5 Å². The van der Waals surface area contributed by atoms with E-state index in [1.807, 2.05) is 60.8 Å². The van der Waals surface area contributed by atoms with Gasteiger partial charge in [0, 0.05) is 21.5 Å². The number of aryl methyl sites for hydroxylation is 3. The summed E-state index contributed by atoms with van der Waals surface area (Å²) in [5.41, 5.74) is 4.99. The Bertz CT molecular complexity index is 1360. The Morgan fingerprint density at radius 3 is 2.50 bits per heavy atom. The van der Waals surface area contributed by atoms with Crippen LogP contribution in [0.2, 0.25) is 0 Å². The molecule has 0 saturated carbocycles. The number of thiophene rings is 1. The third-order valence-corrected chi connectivity index (χ3v) is 6.66. The van der Waals surface area contributed by atoms with Crippen molar-refractivity contribution in [3.05, 3.63) is 105 Å². The van der Waals surface area contributed by atoms with Crippen LogP contribution in [0.25, 0.3) is 16.8 Å². The fraction of sp³-hybridized carbons (Fsp3) is 0.111. The average molecular weight is 439 g/mol. The van der Waals surface area contributed by atoms with Crippen LogP contribution in [0.15, 0.2) is 77.8 Å². The Morgan fingerprint density at radius 1 is 0.906 bits per heavy atom. The predicted molar refractivity (Wildman–Crippen MR) is 131 cm³/mol. The molecular formula is C27H22N2O2S. The lowest BCUT2D eigenvalue weighted by molar-refractivity contribution is -0.113. The Kier molecular flexibility index (Phi) is 5.33. The van der Waals surface area contributed by atoms with E-state index in [2.05, 4.69) is 22.8 Å². The lowest BCUT2D eigenvalue weighted by Crippen LogP contribution is -2.31. The van der Waals surface area contributed by atoms with Crippen LogP contribution in [0, 0.1) is 6.92 Å². The molecule has 0 atom stereocenters. The average Bonchev–Trinajstić information content (AvgIpc) is 3.46. The summed E-state index contributed by atoms with van der Waals surface area (Å²) in [6.45, 7) is 1.88. The highest BCUT2D eigenvalue weighted by atomic mass is 32.1. The van der Waals surface area contributed by atoms with Crippen molar-refractivity contribution in [2.75, 3.05) is 5.32 Å². The topological polar surface area (TPSA) is 58.2 Å². The van der Waals surface area contributed by atoms with Gasteiger partial charge in [-0.3, -0.25) is 9.59 Å². The molecule has 0 radical (unpaired) electrons. The molecule has 0 bridgehead atoms. The molecular weight excluding hydrogens is 416 g/mol. The number of carbonyl (C=O) groups excluding carboxylic acids is 2. The minimum absolute atomic E-state index is 0.212. The van der Waals surface area contributed by atoms with E-state index in [0.29, 0.717) is 5.56 Å². The molecule has 5 rings (SSSR count). The molecule has 4 nitrogen and oxygen atoms in total. The molecule has 2 N–H and O–H groups in total. The van der Waals surface area contributed by atoms with E-state index in [1.54, 1.807) is 12.1 Å². The summed E-state index contributed by atoms with van der Waals surface area (Å²) in [5.74, 6) is -0.652. The summed E-state index contributed by atoms with van der Waals surface area (Å²) in [6.07, 6.45) is 3.77. The maximum atomic E-state index is 13.3. The smallest absolute Gasteiger partial charge is 0.272 e. The van der Waals surface area contributed by atoms with E-state index in [4.69, 9.17) is 0 Å². The lowest BCUT2D eigenvalue weighted by atomic mass is 10.0. The van der Waals surface area contributed by atoms with Crippen molar-refractivity contribution in [1.29, 1.82) is 0 Å². The molecule has 158 valence electrons. The first kappa shape index (κ1) is 20.2. The molecule has 0 saturated heterocycles. The van der Waals surface area contributed by atoms with Gasteiger partial charge in [-0.05, 0) is 71.5 Å². The van der Waals surface area contributed by atoms with Crippen LogP contribution in [0.1, 0.15) is 31.9 Å². The highest BCUT2D eigenvalue weighted by Gasteiger charge is 2.20. The number of benzene rings is 3. The normalized spacial score (nSPS) is 12.7. The quantitative estimate of drug-likeness (QED) is 0.392. The van der Waals surface area contributed by atoms with Crippen molar-refractivity contribution >= 4 is 45.7 Å². The third kappa shape index (κ3) is 3.83. The summed E-state index contributed by atoms with van der Waals surface area (Å²) in [5, 5.41) is 10.1. The Balaban J connectivity index is 1.48. The van der Waals surface area contributed by atoms with E-state index < -0.39 is 0 Å². The Morgan fingerprint density at radius 2 is 1.72 bits per heavy atom. The molecule has 5 heteroatoms. The highest BCUT2D eigenvalue weighted by Crippen LogP contribution is 2.35. The lowest BCUT2D eigenvalue weighted by Gasteiger charge is -2.14. The number of carbonyl (C=O) groups is 2. The first-order valence-corrected chi connectivity index (χ1v) is 11.4. The molecule has 3 aromatic carbocycles. The number of amides is 2. The van der Waals surface area contributed by atoms with Crippen molar-refractivity contribution < 1.29 is 9.59 Å². The molecule has 1 aliphatic rings. The van der Waals surface area contributed by atoms with Gasteiger partial charge in [-0.15, -0.1) is 11.3 Å². The van der Waals surface area contributed by atoms with Crippen molar-refractivity contribution in [3.63, 3.8) is 0 Å². The van der Waals surface area contributed by atoms with Crippen molar-refractivity contribution in [3.8, 4) is 0 Å². The number of hydrogen-bond donors (Lipinski definition) is 2. The number of nitrogens with one attached hydrogen (secondary N) is 2. The molecule has 0 aliphatic heterocycles. The molecule has 1 aromatic heterocycles. The molecule has 0 fully saturated rings. The molecule has 2 amide bonds. The molecule has 1 aliphatic carbocycles. The van der Waals surface area contributed by atoms with Gasteiger partial charge in [0.2, 0.25) is 0 Å². The Hall–Kier alpha value is -3.70. The second-order valence-electron chi connectivity index (χ2n) is 7.91. The highest BCUT2D eigenvalue weighted by molar-refractivity contribution is 7.10. The summed E-state index contributed by atoms with van der Waals surface area (Å²) in [7, 11) is 0. The van der Waals surface area contributed by atoms with E-state index >= 15 is 0 Å². The van der Waals surface area contributed by atoms with Crippen LogP contribution in [-0.4, -0.2) is 11.8 Å². The van der Waals surface area contributed by atoms with Crippen LogP contribution < -0.4 is 10.6 Å². The van der Waals surface area contributed by atoms with Crippen LogP contribution in [0.4, 0.5) is 5.69 Å². The molecule has 0 spiro atoms. The summed E-state index contributed by atoms with van der Waals surface area (Å²) in [6, 6.07) is 21.4. The number of anilines is 1. The van der Waals surface area contributed by atoms with Gasteiger partial charge < -0.3 is 10.6 Å². The van der Waals surface area contributed by atoms with E-state index in [9.17, 15) is 9.59 Å². The second-order valence-corrected chi connectivity index (χ2v) is 8.89. The molecule has 0 unspecified atom stereocenters. The largest absolute Gasteiger partial charge is 0.320 e. The van der Waals surface area contributed by atoms with Gasteiger partial charge in [0.05, 0.1) is 0 Å². The van der Waals surface area contributed by atoms with Crippen LogP contribution >= 0.6 is 11.3 Å². The maximum absolute atomic E-state index is 13.3. The van der Waals surface area contributed by atoms with Gasteiger partial charge in [-0.2, -0.15) is 0 Å². The van der Waals surface area contributed by atoms with Gasteiger partial charge >= 0.3 is 0 Å². The molecule has 32 heavy (non-hydrogen) atoms. The maximum Gasteiger partial charge on any atom is 0.272 e. The predicted octanol–water partition coefficient (Wildman–Crippen LogP) is 5.72. The van der Waals surface area contributed by atoms with Gasteiger partial charge in [0.25, 0.3) is 11.8 Å². The zero-order chi connectivity index (χ0) is 22.1. The van der Waals surface area contributed by atoms with Gasteiger partial charge in [0.1, 0.15) is 5.70 Å². The van der Waals surface area contributed by atoms with Crippen molar-refractivity contribution in [2.45, 2.75) is 19.8 Å². The fourth-order valence-corrected chi connectivity index (χ4v) is 4.89. The molecule has 1 heterocycles. The summed E-state index contributed by atoms with van der Waals surface area (Å²) < 4.78 is 0. The summed E-state index contributed by atoms with van der Waals surface area (Å²) >= 11 is 1.51. The standard InChI is InChI=1S/C27H22N2O2S/c1-17-6-2-3-9-21(17)26(30)29-24(16-20-8-5-15-32-20)27(31)28-23-14-13-19-12-11-18-7-4-10-22(23)25(18)19/h2-10,13-16H,11-12H2,1H3,(H,28,31)(H,29,30)/b24-16-. The minimum Gasteiger partial charge on any atom is -0.320 e. The second kappa shape index (κ2) is 8.44. The zero-order valence-corrected chi connectivity index (χ0v) is 18.5. The van der Waals surface area contributed by atoms with Gasteiger partial charge in [-0.1, -0.05) is 48.5 Å². The van der Waals surface area contributed by atoms with Gasteiger partial charge in [0.15, 0.2) is 0 Å². The monoisotopic (exact) mass is 438 g/mol. The number of rotatable bonds is 5. The van der Waals surface area contributed by atoms with E-state index in [1.165, 1.54) is 27.8 Å². The summed E-state index contributed by atoms with van der Waals surface area (Å²) in [4.78, 5) is 27.2. The first-order chi connectivity index (χ1) is 15.6. The van der Waals surface area contributed by atoms with Gasteiger partial charge in [-0.25, -0.2) is 0 Å². The fourth-order valence-electron chi connectivity index (χ4n) is 4.24. The third-order valence-electron chi connectivity index (χ3n) is 5.84. The van der Waals surface area contributed by atoms with Crippen molar-refractivity contribution in [1.82, 2.24) is 5.32 Å². The van der Waals surface area contributed by atoms with Crippen molar-refractivity contribution in [2.24, 2.45) is 0 Å². The van der Waals surface area contributed by atoms with Crippen LogP contribution in [-0.2, 0) is 17.6 Å². The number of hydrogen-bond acceptors (Lipinski definition) is 3. The molecule has 4 aromatic rings. The minimum atomic E-state index is -0.348. The Labute approximate surface area is 190 Å². The first-order valence-electron chi connectivity index (χ1n) is 10.6. The van der Waals surface area contributed by atoms with Crippen LogP contribution in [0.3, 0.4) is 0 Å². The van der Waals surface area contributed by atoms with Crippen LogP contribution in [0.5, 0.6) is 0 Å².